The molecule has 0 bridgehead atoms. The van der Waals surface area contributed by atoms with E-state index in [0.717, 1.165) is 37.6 Å². The zero-order chi connectivity index (χ0) is 16.8. The summed E-state index contributed by atoms with van der Waals surface area (Å²) in [6, 6.07) is 0. The van der Waals surface area contributed by atoms with Gasteiger partial charge >= 0.3 is 0 Å². The highest BCUT2D eigenvalue weighted by Gasteiger charge is 2.28. The maximum atomic E-state index is 6.27. The molecule has 1 aliphatic rings. The van der Waals surface area contributed by atoms with E-state index in [1.54, 1.807) is 0 Å². The van der Waals surface area contributed by atoms with Crippen LogP contribution in [-0.2, 0) is 9.47 Å². The van der Waals surface area contributed by atoms with E-state index in [9.17, 15) is 0 Å². The summed E-state index contributed by atoms with van der Waals surface area (Å²) in [6.45, 7) is 5.22. The van der Waals surface area contributed by atoms with Gasteiger partial charge in [-0.1, -0.05) is 54.5 Å². The van der Waals surface area contributed by atoms with E-state index in [0.29, 0.717) is 0 Å². The smallest absolute Gasteiger partial charge is 0.159 e. The molecule has 0 aromatic heterocycles. The molecule has 1 aliphatic heterocycles. The first kappa shape index (κ1) is 21.0. The number of hydrogen-bond acceptors (Lipinski definition) is 2. The highest BCUT2D eigenvalue weighted by atomic mass is 79.9. The predicted octanol–water partition coefficient (Wildman–Crippen LogP) is 6.22. The molecule has 2 unspecified atom stereocenters. The maximum Gasteiger partial charge on any atom is 0.159 e. The first-order valence-corrected chi connectivity index (χ1v) is 10.7. The van der Waals surface area contributed by atoms with Crippen molar-refractivity contribution in [2.24, 2.45) is 0 Å². The molecule has 0 saturated carbocycles. The Hall–Kier alpha value is -0.0400. The summed E-state index contributed by atoms with van der Waals surface area (Å²) in [4.78, 5) is 0. The molecule has 0 spiro atoms. The van der Waals surface area contributed by atoms with Gasteiger partial charge in [0.25, 0.3) is 0 Å². The van der Waals surface area contributed by atoms with Crippen molar-refractivity contribution in [2.75, 3.05) is 11.9 Å². The lowest BCUT2D eigenvalue weighted by Gasteiger charge is -2.32. The Balaban J connectivity index is 2.42. The third kappa shape index (κ3) is 10.4. The van der Waals surface area contributed by atoms with Gasteiger partial charge < -0.3 is 9.47 Å². The third-order valence-electron chi connectivity index (χ3n) is 4.33. The van der Waals surface area contributed by atoms with Gasteiger partial charge in [-0.2, -0.15) is 0 Å². The molecular formula is C20H35BrO2. The average Bonchev–Trinajstić information content (AvgIpc) is 2.55. The second-order valence-corrected chi connectivity index (χ2v) is 7.55. The van der Waals surface area contributed by atoms with E-state index in [2.05, 4.69) is 41.6 Å². The standard InChI is InChI=1S/C20H35BrO2/c1-3-4-10-15-20(2,23-19-14-9-13-18-22-19)16-11-7-5-6-8-12-17-21/h19H,3-10,12-15,17-18H2,1-2H3. The number of halogens is 1. The summed E-state index contributed by atoms with van der Waals surface area (Å²) in [5, 5.41) is 1.11. The largest absolute Gasteiger partial charge is 0.353 e. The predicted molar refractivity (Wildman–Crippen MR) is 102 cm³/mol. The number of rotatable bonds is 11. The maximum absolute atomic E-state index is 6.27. The lowest BCUT2D eigenvalue weighted by atomic mass is 9.98. The fraction of sp³-hybridized carbons (Fsp3) is 0.900. The van der Waals surface area contributed by atoms with E-state index < -0.39 is 0 Å². The second-order valence-electron chi connectivity index (χ2n) is 6.76. The van der Waals surface area contributed by atoms with Crippen LogP contribution < -0.4 is 0 Å². The van der Waals surface area contributed by atoms with Gasteiger partial charge in [-0.05, 0) is 51.9 Å². The number of ether oxygens (including phenoxy) is 2. The van der Waals surface area contributed by atoms with Gasteiger partial charge in [0.2, 0.25) is 0 Å². The fourth-order valence-electron chi connectivity index (χ4n) is 2.87. The second kappa shape index (κ2) is 13.3. The van der Waals surface area contributed by atoms with Crippen LogP contribution in [0.4, 0.5) is 0 Å². The van der Waals surface area contributed by atoms with Crippen LogP contribution >= 0.6 is 15.9 Å². The van der Waals surface area contributed by atoms with Crippen molar-refractivity contribution >= 4 is 15.9 Å². The highest BCUT2D eigenvalue weighted by Crippen LogP contribution is 2.25. The summed E-state index contributed by atoms with van der Waals surface area (Å²) in [5.41, 5.74) is -0.340. The summed E-state index contributed by atoms with van der Waals surface area (Å²) in [7, 11) is 0. The zero-order valence-electron chi connectivity index (χ0n) is 15.2. The molecule has 23 heavy (non-hydrogen) atoms. The van der Waals surface area contributed by atoms with Gasteiger partial charge in [-0.15, -0.1) is 5.92 Å². The quantitative estimate of drug-likeness (QED) is 0.238. The molecule has 0 aromatic rings. The van der Waals surface area contributed by atoms with E-state index in [4.69, 9.17) is 9.47 Å². The fourth-order valence-corrected chi connectivity index (χ4v) is 3.26. The molecule has 2 nitrogen and oxygen atoms in total. The molecule has 1 fully saturated rings. The van der Waals surface area contributed by atoms with Gasteiger partial charge in [0.1, 0.15) is 5.60 Å². The van der Waals surface area contributed by atoms with Crippen LogP contribution in [0.2, 0.25) is 0 Å². The van der Waals surface area contributed by atoms with Crippen molar-refractivity contribution in [3.63, 3.8) is 0 Å². The minimum atomic E-state index is -0.340. The summed E-state index contributed by atoms with van der Waals surface area (Å²) >= 11 is 3.48. The molecule has 2 atom stereocenters. The molecule has 1 rings (SSSR count). The van der Waals surface area contributed by atoms with Crippen molar-refractivity contribution in [1.29, 1.82) is 0 Å². The third-order valence-corrected chi connectivity index (χ3v) is 4.89. The number of alkyl halides is 1. The minimum absolute atomic E-state index is 0.0522. The Morgan fingerprint density at radius 1 is 1.13 bits per heavy atom. The molecule has 3 heteroatoms. The summed E-state index contributed by atoms with van der Waals surface area (Å²) in [6.07, 6.45) is 14.0. The Morgan fingerprint density at radius 2 is 1.96 bits per heavy atom. The van der Waals surface area contributed by atoms with E-state index in [-0.39, 0.29) is 11.9 Å². The van der Waals surface area contributed by atoms with Crippen LogP contribution in [-0.4, -0.2) is 23.8 Å². The zero-order valence-corrected chi connectivity index (χ0v) is 16.8. The molecule has 1 saturated heterocycles. The van der Waals surface area contributed by atoms with Gasteiger partial charge in [0, 0.05) is 18.4 Å². The normalized spacial score (nSPS) is 20.6. The molecular weight excluding hydrogens is 352 g/mol. The lowest BCUT2D eigenvalue weighted by molar-refractivity contribution is -0.205. The highest BCUT2D eigenvalue weighted by molar-refractivity contribution is 9.09. The number of hydrogen-bond donors (Lipinski definition) is 0. The van der Waals surface area contributed by atoms with Crippen molar-refractivity contribution in [3.8, 4) is 11.8 Å². The van der Waals surface area contributed by atoms with Crippen LogP contribution in [0.5, 0.6) is 0 Å². The van der Waals surface area contributed by atoms with E-state index >= 15 is 0 Å². The van der Waals surface area contributed by atoms with Crippen LogP contribution in [0.3, 0.4) is 0 Å². The number of unbranched alkanes of at least 4 members (excludes halogenated alkanes) is 6. The van der Waals surface area contributed by atoms with Gasteiger partial charge in [0.05, 0.1) is 0 Å². The van der Waals surface area contributed by atoms with Crippen molar-refractivity contribution in [2.45, 2.75) is 103 Å². The first-order valence-electron chi connectivity index (χ1n) is 9.55. The van der Waals surface area contributed by atoms with E-state index in [1.165, 1.54) is 51.4 Å². The Labute approximate surface area is 152 Å². The van der Waals surface area contributed by atoms with E-state index in [1.807, 2.05) is 0 Å². The minimum Gasteiger partial charge on any atom is -0.353 e. The van der Waals surface area contributed by atoms with Crippen LogP contribution in [0.25, 0.3) is 0 Å². The molecule has 0 N–H and O–H groups in total. The topological polar surface area (TPSA) is 18.5 Å². The SMILES string of the molecule is CCCCCC(C)(C#CCCCCCCBr)OC1CCCCO1. The van der Waals surface area contributed by atoms with Gasteiger partial charge in [-0.25, -0.2) is 0 Å². The first-order chi connectivity index (χ1) is 11.2. The van der Waals surface area contributed by atoms with Crippen molar-refractivity contribution in [1.82, 2.24) is 0 Å². The molecule has 1 heterocycles. The summed E-state index contributed by atoms with van der Waals surface area (Å²) in [5.74, 6) is 6.81. The van der Waals surface area contributed by atoms with Crippen molar-refractivity contribution < 1.29 is 9.47 Å². The Morgan fingerprint density at radius 3 is 2.65 bits per heavy atom. The molecule has 0 aliphatic carbocycles. The van der Waals surface area contributed by atoms with Crippen molar-refractivity contribution in [3.05, 3.63) is 0 Å². The molecule has 134 valence electrons. The molecule has 0 aromatic carbocycles. The van der Waals surface area contributed by atoms with Gasteiger partial charge in [-0.3, -0.25) is 0 Å². The molecule has 0 amide bonds. The lowest BCUT2D eigenvalue weighted by Crippen LogP contribution is -2.35. The van der Waals surface area contributed by atoms with Crippen LogP contribution in [0, 0.1) is 11.8 Å². The average molecular weight is 387 g/mol. The molecule has 0 radical (unpaired) electrons. The summed E-state index contributed by atoms with van der Waals surface area (Å²) < 4.78 is 12.0. The monoisotopic (exact) mass is 386 g/mol. The Bertz CT molecular complexity index is 341. The Kier molecular flexibility index (Phi) is 12.1. The van der Waals surface area contributed by atoms with Crippen LogP contribution in [0.15, 0.2) is 0 Å². The van der Waals surface area contributed by atoms with Crippen LogP contribution in [0.1, 0.15) is 90.9 Å². The van der Waals surface area contributed by atoms with Gasteiger partial charge in [0.15, 0.2) is 6.29 Å².